The Kier molecular flexibility index (Phi) is 9.44. The number of benzene rings is 3. The van der Waals surface area contributed by atoms with Gasteiger partial charge in [0.05, 0.1) is 0 Å². The molecule has 3 aromatic carbocycles. The summed E-state index contributed by atoms with van der Waals surface area (Å²) in [5.74, 6) is 0.190. The van der Waals surface area contributed by atoms with Crippen molar-refractivity contribution in [3.05, 3.63) is 86.5 Å². The van der Waals surface area contributed by atoms with Gasteiger partial charge in [0.15, 0.2) is 0 Å². The molecule has 238 valence electrons. The standard InChI is InChI=1S/C37H49NO5S/c1-35(2,3)27-12-21-10-23-14-28(36(4,5)6)16-25(32(23)40)18-38-30(34(42)43)20-44-19-26-17-29(37(7,8)9)15-24(33(26)41)11-22(13-27)31(21)39/h12-17,30,38-41H,10-11,18-20H2,1-9H3,(H,42,43)/t30-/m1/s1. The topological polar surface area (TPSA) is 110 Å². The Morgan fingerprint density at radius 3 is 1.36 bits per heavy atom. The maximum absolute atomic E-state index is 12.2. The van der Waals surface area contributed by atoms with Gasteiger partial charge < -0.3 is 20.4 Å². The van der Waals surface area contributed by atoms with Crippen LogP contribution in [0.3, 0.4) is 0 Å². The SMILES string of the molecule is CC(C)(C)c1cc2c(O)c(c1)Cc1cc(C(C)(C)C)cc(c1O)Cc1cc(C(C)(C)C)cc(c1O)CSC[C@H](C(=O)O)NC2. The van der Waals surface area contributed by atoms with Crippen molar-refractivity contribution in [1.82, 2.24) is 5.32 Å². The highest BCUT2D eigenvalue weighted by molar-refractivity contribution is 7.98. The summed E-state index contributed by atoms with van der Waals surface area (Å²) in [4.78, 5) is 12.2. The number of phenols is 3. The molecule has 1 atom stereocenters. The molecule has 0 fully saturated rings. The first-order valence-electron chi connectivity index (χ1n) is 15.4. The van der Waals surface area contributed by atoms with Crippen molar-refractivity contribution < 1.29 is 25.2 Å². The third-order valence-corrected chi connectivity index (χ3v) is 9.63. The Balaban J connectivity index is 1.98. The largest absolute Gasteiger partial charge is 0.507 e. The van der Waals surface area contributed by atoms with Crippen molar-refractivity contribution in [3.63, 3.8) is 0 Å². The molecule has 0 aromatic heterocycles. The van der Waals surface area contributed by atoms with Crippen LogP contribution < -0.4 is 5.32 Å². The second-order valence-corrected chi connectivity index (χ2v) is 16.3. The number of carboxylic acids is 1. The number of aliphatic carboxylic acids is 1. The van der Waals surface area contributed by atoms with Crippen LogP contribution in [0.1, 0.15) is 112 Å². The van der Waals surface area contributed by atoms with E-state index in [-0.39, 0.29) is 45.8 Å². The van der Waals surface area contributed by atoms with Gasteiger partial charge in [-0.1, -0.05) is 98.7 Å². The van der Waals surface area contributed by atoms with Crippen LogP contribution in [-0.4, -0.2) is 38.2 Å². The number of phenolic OH excluding ortho intramolecular Hbond substituents is 3. The van der Waals surface area contributed by atoms with Crippen LogP contribution in [0, 0.1) is 0 Å². The number of carboxylic acid groups (broad SMARTS) is 1. The molecule has 1 aliphatic rings. The minimum Gasteiger partial charge on any atom is -0.507 e. The highest BCUT2D eigenvalue weighted by Gasteiger charge is 2.26. The summed E-state index contributed by atoms with van der Waals surface area (Å²) in [5.41, 5.74) is 6.71. The third-order valence-electron chi connectivity index (χ3n) is 8.54. The molecule has 5 N–H and O–H groups in total. The number of nitrogens with one attached hydrogen (secondary N) is 1. The van der Waals surface area contributed by atoms with E-state index in [9.17, 15) is 25.2 Å². The van der Waals surface area contributed by atoms with Gasteiger partial charge in [-0.15, -0.1) is 0 Å². The Morgan fingerprint density at radius 2 is 0.977 bits per heavy atom. The number of hydrogen-bond donors (Lipinski definition) is 5. The van der Waals surface area contributed by atoms with E-state index in [1.54, 1.807) is 0 Å². The van der Waals surface area contributed by atoms with Crippen LogP contribution in [0.15, 0.2) is 36.4 Å². The quantitative estimate of drug-likeness (QED) is 0.190. The molecule has 44 heavy (non-hydrogen) atoms. The molecule has 0 unspecified atom stereocenters. The Bertz CT molecular complexity index is 1560. The summed E-state index contributed by atoms with van der Waals surface area (Å²) >= 11 is 1.45. The molecule has 1 aliphatic heterocycles. The zero-order chi connectivity index (χ0) is 32.8. The van der Waals surface area contributed by atoms with E-state index in [1.165, 1.54) is 11.8 Å². The van der Waals surface area contributed by atoms with E-state index in [0.717, 1.165) is 33.4 Å². The lowest BCUT2D eigenvalue weighted by Gasteiger charge is -2.25. The summed E-state index contributed by atoms with van der Waals surface area (Å²) in [6.45, 7) is 19.3. The van der Waals surface area contributed by atoms with Crippen LogP contribution in [0.2, 0.25) is 0 Å². The van der Waals surface area contributed by atoms with Gasteiger partial charge in [-0.25, -0.2) is 0 Å². The number of carbonyl (C=O) groups is 1. The molecule has 3 aromatic rings. The minimum atomic E-state index is -0.967. The molecule has 0 amide bonds. The number of thioether (sulfide) groups is 1. The molecule has 0 radical (unpaired) electrons. The Morgan fingerprint density at radius 1 is 0.636 bits per heavy atom. The van der Waals surface area contributed by atoms with E-state index in [0.29, 0.717) is 35.3 Å². The maximum atomic E-state index is 12.2. The third kappa shape index (κ3) is 7.55. The van der Waals surface area contributed by atoms with Crippen LogP contribution in [0.4, 0.5) is 0 Å². The first kappa shape index (κ1) is 33.7. The second-order valence-electron chi connectivity index (χ2n) is 15.3. The van der Waals surface area contributed by atoms with E-state index in [1.807, 2.05) is 36.4 Å². The molecule has 0 spiro atoms. The fourth-order valence-electron chi connectivity index (χ4n) is 5.51. The van der Waals surface area contributed by atoms with Crippen LogP contribution in [0.5, 0.6) is 17.2 Å². The second kappa shape index (κ2) is 12.3. The van der Waals surface area contributed by atoms with Gasteiger partial charge in [-0.3, -0.25) is 10.1 Å². The van der Waals surface area contributed by atoms with Gasteiger partial charge in [-0.2, -0.15) is 11.8 Å². The van der Waals surface area contributed by atoms with Crippen molar-refractivity contribution in [2.45, 2.75) is 110 Å². The maximum Gasteiger partial charge on any atom is 0.321 e. The smallest absolute Gasteiger partial charge is 0.321 e. The number of fused-ring (bicyclic) bond motifs is 6. The lowest BCUT2D eigenvalue weighted by molar-refractivity contribution is -0.138. The van der Waals surface area contributed by atoms with Gasteiger partial charge in [0.2, 0.25) is 0 Å². The molecule has 7 heteroatoms. The highest BCUT2D eigenvalue weighted by Crippen LogP contribution is 2.40. The van der Waals surface area contributed by atoms with E-state index >= 15 is 0 Å². The van der Waals surface area contributed by atoms with Gasteiger partial charge in [-0.05, 0) is 55.2 Å². The fourth-order valence-corrected chi connectivity index (χ4v) is 6.56. The zero-order valence-corrected chi connectivity index (χ0v) is 28.5. The summed E-state index contributed by atoms with van der Waals surface area (Å²) in [6.07, 6.45) is 0.623. The van der Waals surface area contributed by atoms with Gasteiger partial charge in [0, 0.05) is 42.0 Å². The monoisotopic (exact) mass is 619 g/mol. The van der Waals surface area contributed by atoms with E-state index < -0.39 is 12.0 Å². The number of rotatable bonds is 1. The highest BCUT2D eigenvalue weighted by atomic mass is 32.2. The fraction of sp³-hybridized carbons (Fsp3) is 0.486. The average molecular weight is 620 g/mol. The molecular weight excluding hydrogens is 570 g/mol. The van der Waals surface area contributed by atoms with Crippen LogP contribution in [0.25, 0.3) is 0 Å². The van der Waals surface area contributed by atoms with Crippen molar-refractivity contribution in [2.75, 3.05) is 5.75 Å². The Hall–Kier alpha value is -3.16. The molecular formula is C37H49NO5S. The van der Waals surface area contributed by atoms with Crippen molar-refractivity contribution in [2.24, 2.45) is 0 Å². The van der Waals surface area contributed by atoms with Crippen LogP contribution >= 0.6 is 11.8 Å². The van der Waals surface area contributed by atoms with E-state index in [4.69, 9.17) is 0 Å². The molecule has 4 rings (SSSR count). The molecule has 1 heterocycles. The Labute approximate surface area is 266 Å². The number of hydrogen-bond acceptors (Lipinski definition) is 6. The zero-order valence-electron chi connectivity index (χ0n) is 27.7. The first-order valence-corrected chi connectivity index (χ1v) is 16.5. The summed E-state index contributed by atoms with van der Waals surface area (Å²) in [6, 6.07) is 11.2. The predicted molar refractivity (Wildman–Crippen MR) is 180 cm³/mol. The van der Waals surface area contributed by atoms with Crippen molar-refractivity contribution in [1.29, 1.82) is 0 Å². The summed E-state index contributed by atoms with van der Waals surface area (Å²) in [5, 5.41) is 47.9. The lowest BCUT2D eigenvalue weighted by Crippen LogP contribution is -2.38. The molecule has 0 aliphatic carbocycles. The molecule has 0 saturated heterocycles. The van der Waals surface area contributed by atoms with Gasteiger partial charge >= 0.3 is 5.97 Å². The van der Waals surface area contributed by atoms with Gasteiger partial charge in [0.25, 0.3) is 0 Å². The predicted octanol–water partition coefficient (Wildman–Crippen LogP) is 7.67. The summed E-state index contributed by atoms with van der Waals surface area (Å²) in [7, 11) is 0. The van der Waals surface area contributed by atoms with Crippen LogP contribution in [-0.2, 0) is 46.2 Å². The van der Waals surface area contributed by atoms with Crippen molar-refractivity contribution in [3.8, 4) is 17.2 Å². The van der Waals surface area contributed by atoms with Crippen molar-refractivity contribution >= 4 is 17.7 Å². The van der Waals surface area contributed by atoms with Gasteiger partial charge in [0.1, 0.15) is 23.3 Å². The number of aromatic hydroxyl groups is 3. The first-order chi connectivity index (χ1) is 20.3. The van der Waals surface area contributed by atoms with E-state index in [2.05, 4.69) is 67.6 Å². The lowest BCUT2D eigenvalue weighted by atomic mass is 9.81. The normalized spacial score (nSPS) is 16.8. The minimum absolute atomic E-state index is 0.104. The summed E-state index contributed by atoms with van der Waals surface area (Å²) < 4.78 is 0. The average Bonchev–Trinajstić information content (AvgIpc) is 2.89. The molecule has 6 nitrogen and oxygen atoms in total. The molecule has 0 saturated carbocycles. The molecule has 6 bridgehead atoms.